The maximum Gasteiger partial charge on any atom is 0.265 e. The number of benzene rings is 3. The number of rotatable bonds is 9. The highest BCUT2D eigenvalue weighted by Crippen LogP contribution is 2.22. The molecule has 0 aliphatic rings. The number of methoxy groups -OCH3 is 1. The van der Waals surface area contributed by atoms with Crippen LogP contribution in [0.5, 0.6) is 11.5 Å². The van der Waals surface area contributed by atoms with E-state index in [-0.39, 0.29) is 10.8 Å². The summed E-state index contributed by atoms with van der Waals surface area (Å²) in [6.45, 7) is 3.78. The van der Waals surface area contributed by atoms with Gasteiger partial charge in [0.25, 0.3) is 15.9 Å². The van der Waals surface area contributed by atoms with Gasteiger partial charge >= 0.3 is 0 Å². The fourth-order valence-corrected chi connectivity index (χ4v) is 4.04. The van der Waals surface area contributed by atoms with Gasteiger partial charge in [-0.05, 0) is 73.5 Å². The Bertz CT molecular complexity index is 1160. The Hall–Kier alpha value is -3.52. The van der Waals surface area contributed by atoms with Crippen molar-refractivity contribution in [1.29, 1.82) is 0 Å². The molecule has 8 heteroatoms. The van der Waals surface area contributed by atoms with Crippen molar-refractivity contribution >= 4 is 27.3 Å². The second kappa shape index (κ2) is 10.2. The van der Waals surface area contributed by atoms with Gasteiger partial charge in [-0.2, -0.15) is 0 Å². The van der Waals surface area contributed by atoms with Crippen LogP contribution in [-0.4, -0.2) is 27.5 Å². The number of hydrogen-bond donors (Lipinski definition) is 2. The van der Waals surface area contributed by atoms with Gasteiger partial charge < -0.3 is 14.8 Å². The Morgan fingerprint density at radius 1 is 0.938 bits per heavy atom. The Balaban J connectivity index is 1.66. The molecule has 3 aromatic carbocycles. The van der Waals surface area contributed by atoms with E-state index in [0.29, 0.717) is 29.3 Å². The predicted octanol–water partition coefficient (Wildman–Crippen LogP) is 4.60. The number of para-hydroxylation sites is 1. The van der Waals surface area contributed by atoms with Gasteiger partial charge in [-0.15, -0.1) is 0 Å². The minimum absolute atomic E-state index is 0.0783. The van der Waals surface area contributed by atoms with E-state index in [1.54, 1.807) is 36.4 Å². The van der Waals surface area contributed by atoms with Crippen LogP contribution in [0.1, 0.15) is 18.9 Å². The first kappa shape index (κ1) is 23.1. The summed E-state index contributed by atoms with van der Waals surface area (Å²) in [4.78, 5) is 12.7. The predicted molar refractivity (Wildman–Crippen MR) is 125 cm³/mol. The molecule has 2 N–H and O–H groups in total. The van der Waals surface area contributed by atoms with Crippen molar-refractivity contribution in [1.82, 2.24) is 0 Å². The van der Waals surface area contributed by atoms with E-state index < -0.39 is 16.1 Å². The number of ether oxygens (including phenoxy) is 2. The van der Waals surface area contributed by atoms with E-state index in [0.717, 1.165) is 5.56 Å². The second-order valence-electron chi connectivity index (χ2n) is 7.13. The van der Waals surface area contributed by atoms with Crippen molar-refractivity contribution in [2.24, 2.45) is 0 Å². The molecule has 0 aliphatic carbocycles. The monoisotopic (exact) mass is 454 g/mol. The van der Waals surface area contributed by atoms with Crippen LogP contribution in [0.2, 0.25) is 0 Å². The molecule has 1 unspecified atom stereocenters. The Kier molecular flexibility index (Phi) is 7.37. The van der Waals surface area contributed by atoms with Gasteiger partial charge in [-0.25, -0.2) is 8.42 Å². The maximum atomic E-state index is 12.7. The molecule has 0 spiro atoms. The molecule has 1 amide bonds. The molecule has 0 saturated carbocycles. The molecular formula is C24H26N2O5S. The number of anilines is 2. The van der Waals surface area contributed by atoms with Crippen LogP contribution in [0, 0.1) is 6.92 Å². The van der Waals surface area contributed by atoms with Crippen LogP contribution in [0.3, 0.4) is 0 Å². The molecule has 0 fully saturated rings. The van der Waals surface area contributed by atoms with Gasteiger partial charge in [0.2, 0.25) is 0 Å². The van der Waals surface area contributed by atoms with E-state index >= 15 is 0 Å². The molecule has 7 nitrogen and oxygen atoms in total. The van der Waals surface area contributed by atoms with Crippen LogP contribution in [-0.2, 0) is 14.8 Å². The zero-order valence-corrected chi connectivity index (χ0v) is 19.0. The van der Waals surface area contributed by atoms with Crippen LogP contribution >= 0.6 is 0 Å². The Morgan fingerprint density at radius 2 is 1.56 bits per heavy atom. The molecular weight excluding hydrogens is 428 g/mol. The largest absolute Gasteiger partial charge is 0.497 e. The van der Waals surface area contributed by atoms with E-state index in [1.807, 2.05) is 38.1 Å². The fourth-order valence-electron chi connectivity index (χ4n) is 2.98. The highest BCUT2D eigenvalue weighted by Gasteiger charge is 2.20. The zero-order valence-electron chi connectivity index (χ0n) is 18.2. The summed E-state index contributed by atoms with van der Waals surface area (Å²) in [6, 6.07) is 20.0. The number of amides is 1. The molecule has 168 valence electrons. The third-order valence-corrected chi connectivity index (χ3v) is 6.20. The van der Waals surface area contributed by atoms with Crippen molar-refractivity contribution in [3.8, 4) is 11.5 Å². The lowest BCUT2D eigenvalue weighted by Gasteiger charge is -2.18. The maximum absolute atomic E-state index is 12.7. The van der Waals surface area contributed by atoms with Crippen LogP contribution in [0.25, 0.3) is 0 Å². The molecule has 1 atom stereocenters. The highest BCUT2D eigenvalue weighted by atomic mass is 32.2. The lowest BCUT2D eigenvalue weighted by molar-refractivity contribution is -0.122. The average molecular weight is 455 g/mol. The van der Waals surface area contributed by atoms with E-state index in [2.05, 4.69) is 10.0 Å². The topological polar surface area (TPSA) is 93.7 Å². The molecule has 0 aromatic heterocycles. The van der Waals surface area contributed by atoms with Crippen molar-refractivity contribution < 1.29 is 22.7 Å². The second-order valence-corrected chi connectivity index (χ2v) is 8.81. The number of hydrogen-bond acceptors (Lipinski definition) is 5. The third kappa shape index (κ3) is 5.79. The fraction of sp³-hybridized carbons (Fsp3) is 0.208. The highest BCUT2D eigenvalue weighted by molar-refractivity contribution is 7.92. The Morgan fingerprint density at radius 3 is 2.16 bits per heavy atom. The zero-order chi connectivity index (χ0) is 23.1. The summed E-state index contributed by atoms with van der Waals surface area (Å²) < 4.78 is 38.7. The van der Waals surface area contributed by atoms with Gasteiger partial charge in [-0.3, -0.25) is 9.52 Å². The summed E-state index contributed by atoms with van der Waals surface area (Å²) >= 11 is 0. The summed E-state index contributed by atoms with van der Waals surface area (Å²) in [5, 5.41) is 2.78. The minimum Gasteiger partial charge on any atom is -0.497 e. The van der Waals surface area contributed by atoms with Gasteiger partial charge in [0.05, 0.1) is 12.0 Å². The van der Waals surface area contributed by atoms with E-state index in [4.69, 9.17) is 9.47 Å². The molecule has 0 bridgehead atoms. The smallest absolute Gasteiger partial charge is 0.265 e. The van der Waals surface area contributed by atoms with Crippen molar-refractivity contribution in [2.75, 3.05) is 17.1 Å². The SMILES string of the molecule is CCC(Oc1ccccc1C)C(=O)Nc1ccc(S(=O)(=O)Nc2ccc(OC)cc2)cc1. The number of nitrogens with one attached hydrogen (secondary N) is 2. The van der Waals surface area contributed by atoms with E-state index in [9.17, 15) is 13.2 Å². The molecule has 0 radical (unpaired) electrons. The molecule has 0 saturated heterocycles. The third-order valence-electron chi connectivity index (χ3n) is 4.80. The number of sulfonamides is 1. The molecule has 32 heavy (non-hydrogen) atoms. The van der Waals surface area contributed by atoms with Gasteiger partial charge in [0.15, 0.2) is 6.10 Å². The van der Waals surface area contributed by atoms with Gasteiger partial charge in [0.1, 0.15) is 11.5 Å². The van der Waals surface area contributed by atoms with Crippen LogP contribution in [0.15, 0.2) is 77.7 Å². The average Bonchev–Trinajstić information content (AvgIpc) is 2.79. The molecule has 0 aliphatic heterocycles. The first-order valence-corrected chi connectivity index (χ1v) is 11.6. The normalized spacial score (nSPS) is 12.0. The number of carbonyl (C=O) groups is 1. The lowest BCUT2D eigenvalue weighted by atomic mass is 10.2. The van der Waals surface area contributed by atoms with Crippen LogP contribution < -0.4 is 19.5 Å². The Labute approximate surface area is 188 Å². The van der Waals surface area contributed by atoms with E-state index in [1.165, 1.54) is 19.2 Å². The quantitative estimate of drug-likeness (QED) is 0.493. The molecule has 0 heterocycles. The number of aryl methyl sites for hydroxylation is 1. The minimum atomic E-state index is -3.77. The standard InChI is InChI=1S/C24H26N2O5S/c1-4-22(31-23-8-6-5-7-17(23)2)24(27)25-18-11-15-21(16-12-18)32(28,29)26-19-9-13-20(30-3)14-10-19/h5-16,22,26H,4H2,1-3H3,(H,25,27). The summed E-state index contributed by atoms with van der Waals surface area (Å²) in [6.07, 6.45) is -0.186. The summed E-state index contributed by atoms with van der Waals surface area (Å²) in [5.41, 5.74) is 1.84. The summed E-state index contributed by atoms with van der Waals surface area (Å²) in [7, 11) is -2.23. The first-order chi connectivity index (χ1) is 15.3. The molecule has 3 aromatic rings. The van der Waals surface area contributed by atoms with Crippen molar-refractivity contribution in [3.63, 3.8) is 0 Å². The first-order valence-electron chi connectivity index (χ1n) is 10.1. The lowest BCUT2D eigenvalue weighted by Crippen LogP contribution is -2.32. The summed E-state index contributed by atoms with van der Waals surface area (Å²) in [5.74, 6) is 0.980. The number of carbonyl (C=O) groups excluding carboxylic acids is 1. The van der Waals surface area contributed by atoms with Crippen LogP contribution in [0.4, 0.5) is 11.4 Å². The molecule has 3 rings (SSSR count). The van der Waals surface area contributed by atoms with Gasteiger partial charge in [0, 0.05) is 11.4 Å². The van der Waals surface area contributed by atoms with Crippen molar-refractivity contribution in [3.05, 3.63) is 78.4 Å². The van der Waals surface area contributed by atoms with Gasteiger partial charge in [-0.1, -0.05) is 25.1 Å². The van der Waals surface area contributed by atoms with Crippen molar-refractivity contribution in [2.45, 2.75) is 31.3 Å².